The molecule has 0 radical (unpaired) electrons. The predicted molar refractivity (Wildman–Crippen MR) is 119 cm³/mol. The monoisotopic (exact) mass is 409 g/mol. The maximum atomic E-state index is 12.7. The van der Waals surface area contributed by atoms with Gasteiger partial charge in [-0.1, -0.05) is 48.0 Å². The van der Waals surface area contributed by atoms with Crippen LogP contribution in [0.5, 0.6) is 5.75 Å². The summed E-state index contributed by atoms with van der Waals surface area (Å²) < 4.78 is 5.68. The van der Waals surface area contributed by atoms with Crippen molar-refractivity contribution in [1.29, 1.82) is 0 Å². The Kier molecular flexibility index (Phi) is 5.80. The van der Waals surface area contributed by atoms with Gasteiger partial charge in [0.05, 0.1) is 17.3 Å². The van der Waals surface area contributed by atoms with Crippen molar-refractivity contribution in [3.8, 4) is 5.75 Å². The number of carbonyl (C=O) groups is 2. The summed E-state index contributed by atoms with van der Waals surface area (Å²) in [6, 6.07) is 21.8. The fourth-order valence-electron chi connectivity index (χ4n) is 3.15. The third-order valence-corrected chi connectivity index (χ3v) is 4.67. The van der Waals surface area contributed by atoms with Crippen LogP contribution in [0, 0.1) is 6.92 Å². The molecule has 0 aliphatic rings. The first-order chi connectivity index (χ1) is 15.1. The molecule has 6 nitrogen and oxygen atoms in total. The zero-order valence-corrected chi connectivity index (χ0v) is 16.8. The summed E-state index contributed by atoms with van der Waals surface area (Å²) in [5.74, 6) is -0.500. The van der Waals surface area contributed by atoms with Crippen LogP contribution in [0.1, 0.15) is 31.8 Å². The maximum absolute atomic E-state index is 12.7. The number of fused-ring (bicyclic) bond motifs is 1. The number of hydrogen-bond donors (Lipinski definition) is 1. The van der Waals surface area contributed by atoms with Crippen LogP contribution >= 0.6 is 0 Å². The van der Waals surface area contributed by atoms with Gasteiger partial charge < -0.3 is 4.74 Å². The van der Waals surface area contributed by atoms with E-state index in [-0.39, 0.29) is 5.91 Å². The van der Waals surface area contributed by atoms with E-state index >= 15 is 0 Å². The lowest BCUT2D eigenvalue weighted by molar-refractivity contribution is 0.0734. The van der Waals surface area contributed by atoms with Gasteiger partial charge in [0.25, 0.3) is 5.91 Å². The number of nitrogens with one attached hydrogen (secondary N) is 1. The zero-order chi connectivity index (χ0) is 21.6. The summed E-state index contributed by atoms with van der Waals surface area (Å²) in [7, 11) is 0. The van der Waals surface area contributed by atoms with E-state index < -0.39 is 5.97 Å². The van der Waals surface area contributed by atoms with Gasteiger partial charge in [0, 0.05) is 18.0 Å². The van der Waals surface area contributed by atoms with Crippen molar-refractivity contribution < 1.29 is 14.3 Å². The van der Waals surface area contributed by atoms with Gasteiger partial charge in [-0.05, 0) is 48.0 Å². The molecule has 3 aromatic carbocycles. The molecule has 0 fully saturated rings. The molecule has 6 heteroatoms. The molecule has 0 atom stereocenters. The molecule has 0 spiro atoms. The van der Waals surface area contributed by atoms with Gasteiger partial charge in [-0.2, -0.15) is 5.10 Å². The second kappa shape index (κ2) is 9.00. The average molecular weight is 409 g/mol. The van der Waals surface area contributed by atoms with Crippen molar-refractivity contribution in [3.63, 3.8) is 0 Å². The first-order valence-electron chi connectivity index (χ1n) is 9.66. The fourth-order valence-corrected chi connectivity index (χ4v) is 3.15. The number of pyridine rings is 1. The number of esters is 1. The van der Waals surface area contributed by atoms with Crippen LogP contribution in [0.3, 0.4) is 0 Å². The normalized spacial score (nSPS) is 10.9. The summed E-state index contributed by atoms with van der Waals surface area (Å²) in [4.78, 5) is 28.8. The Morgan fingerprint density at radius 1 is 0.968 bits per heavy atom. The summed E-state index contributed by atoms with van der Waals surface area (Å²) in [5.41, 5.74) is 4.89. The molecule has 1 N–H and O–H groups in total. The van der Waals surface area contributed by atoms with E-state index in [1.807, 2.05) is 49.4 Å². The lowest BCUT2D eigenvalue weighted by Crippen LogP contribution is -2.18. The van der Waals surface area contributed by atoms with Gasteiger partial charge in [0.2, 0.25) is 0 Å². The van der Waals surface area contributed by atoms with Gasteiger partial charge in [0.15, 0.2) is 0 Å². The van der Waals surface area contributed by atoms with E-state index in [0.717, 1.165) is 16.3 Å². The summed E-state index contributed by atoms with van der Waals surface area (Å²) >= 11 is 0. The molecule has 0 bridgehead atoms. The van der Waals surface area contributed by atoms with Crippen molar-refractivity contribution in [2.24, 2.45) is 5.10 Å². The smallest absolute Gasteiger partial charge is 0.343 e. The Morgan fingerprint density at radius 3 is 2.61 bits per heavy atom. The Labute approximate surface area is 179 Å². The van der Waals surface area contributed by atoms with Crippen LogP contribution in [0.15, 0.2) is 90.3 Å². The second-order valence-corrected chi connectivity index (χ2v) is 6.90. The summed E-state index contributed by atoms with van der Waals surface area (Å²) in [5, 5.41) is 5.88. The van der Waals surface area contributed by atoms with Crippen LogP contribution in [-0.2, 0) is 0 Å². The minimum atomic E-state index is -0.465. The number of benzene rings is 3. The number of ether oxygens (including phenoxy) is 1. The summed E-state index contributed by atoms with van der Waals surface area (Å²) in [6.45, 7) is 1.91. The second-order valence-electron chi connectivity index (χ2n) is 6.90. The third-order valence-electron chi connectivity index (χ3n) is 4.67. The molecular weight excluding hydrogens is 390 g/mol. The Morgan fingerprint density at radius 2 is 1.81 bits per heavy atom. The average Bonchev–Trinajstić information content (AvgIpc) is 2.80. The van der Waals surface area contributed by atoms with Crippen LogP contribution in [-0.4, -0.2) is 23.1 Å². The lowest BCUT2D eigenvalue weighted by Gasteiger charge is -2.11. The quantitative estimate of drug-likeness (QED) is 0.227. The van der Waals surface area contributed by atoms with Crippen molar-refractivity contribution in [2.75, 3.05) is 0 Å². The minimum Gasteiger partial charge on any atom is -0.422 e. The van der Waals surface area contributed by atoms with Gasteiger partial charge in [-0.15, -0.1) is 0 Å². The predicted octanol–water partition coefficient (Wildman–Crippen LogP) is 4.53. The maximum Gasteiger partial charge on any atom is 0.343 e. The van der Waals surface area contributed by atoms with Crippen molar-refractivity contribution in [1.82, 2.24) is 10.4 Å². The number of rotatable bonds is 5. The fraction of sp³-hybridized carbons (Fsp3) is 0.0400. The van der Waals surface area contributed by atoms with E-state index in [2.05, 4.69) is 15.5 Å². The molecule has 0 saturated heterocycles. The van der Waals surface area contributed by atoms with Gasteiger partial charge in [0.1, 0.15) is 5.75 Å². The van der Waals surface area contributed by atoms with Gasteiger partial charge >= 0.3 is 5.97 Å². The zero-order valence-electron chi connectivity index (χ0n) is 16.8. The third kappa shape index (κ3) is 4.64. The molecule has 0 saturated carbocycles. The highest BCUT2D eigenvalue weighted by Crippen LogP contribution is 2.27. The summed E-state index contributed by atoms with van der Waals surface area (Å²) in [6.07, 6.45) is 4.53. The van der Waals surface area contributed by atoms with Crippen molar-refractivity contribution in [3.05, 3.63) is 107 Å². The lowest BCUT2D eigenvalue weighted by atomic mass is 10.0. The molecule has 4 aromatic rings. The number of aryl methyl sites for hydroxylation is 1. The number of amides is 1. The number of carbonyl (C=O) groups excluding carboxylic acids is 2. The Bertz CT molecular complexity index is 1280. The van der Waals surface area contributed by atoms with Crippen LogP contribution in [0.25, 0.3) is 10.8 Å². The number of hydrazone groups is 1. The molecule has 152 valence electrons. The van der Waals surface area contributed by atoms with E-state index in [4.69, 9.17) is 4.74 Å². The number of aromatic nitrogens is 1. The van der Waals surface area contributed by atoms with Crippen LogP contribution in [0.4, 0.5) is 0 Å². The molecule has 0 aliphatic heterocycles. The van der Waals surface area contributed by atoms with E-state index in [0.29, 0.717) is 22.4 Å². The van der Waals surface area contributed by atoms with E-state index in [1.165, 1.54) is 12.4 Å². The van der Waals surface area contributed by atoms with Crippen molar-refractivity contribution >= 4 is 28.9 Å². The van der Waals surface area contributed by atoms with Gasteiger partial charge in [-0.3, -0.25) is 9.78 Å². The van der Waals surface area contributed by atoms with E-state index in [1.54, 1.807) is 36.5 Å². The van der Waals surface area contributed by atoms with Crippen LogP contribution in [0.2, 0.25) is 0 Å². The number of nitrogens with zero attached hydrogens (tertiary/aromatic N) is 2. The SMILES string of the molecule is Cc1cccc(C(=O)Oc2ccc3ccccc3c2C=NNC(=O)c2cccnc2)c1. The first kappa shape index (κ1) is 20.0. The molecule has 1 aromatic heterocycles. The Balaban J connectivity index is 1.64. The highest BCUT2D eigenvalue weighted by atomic mass is 16.5. The van der Waals surface area contributed by atoms with Crippen molar-refractivity contribution in [2.45, 2.75) is 6.92 Å². The molecule has 1 heterocycles. The standard InChI is InChI=1S/C25H19N3O3/c1-17-6-4-8-19(14-17)25(30)31-23-12-11-18-7-2-3-10-21(18)22(23)16-27-28-24(29)20-9-5-13-26-15-20/h2-16H,1H3,(H,28,29). The Hall–Kier alpha value is -4.32. The minimum absolute atomic E-state index is 0.351. The molecule has 1 amide bonds. The number of hydrogen-bond acceptors (Lipinski definition) is 5. The molecule has 31 heavy (non-hydrogen) atoms. The molecular formula is C25H19N3O3. The van der Waals surface area contributed by atoms with Gasteiger partial charge in [-0.25, -0.2) is 10.2 Å². The molecule has 0 unspecified atom stereocenters. The first-order valence-corrected chi connectivity index (χ1v) is 9.66. The highest BCUT2D eigenvalue weighted by Gasteiger charge is 2.14. The van der Waals surface area contributed by atoms with E-state index in [9.17, 15) is 9.59 Å². The topological polar surface area (TPSA) is 80.6 Å². The molecule has 0 aliphatic carbocycles. The van der Waals surface area contributed by atoms with Crippen LogP contribution < -0.4 is 10.2 Å². The largest absolute Gasteiger partial charge is 0.422 e. The highest BCUT2D eigenvalue weighted by molar-refractivity contribution is 6.04. The molecule has 4 rings (SSSR count).